The van der Waals surface area contributed by atoms with E-state index in [2.05, 4.69) is 10.1 Å². The Morgan fingerprint density at radius 1 is 1.16 bits per heavy atom. The highest BCUT2D eigenvalue weighted by atomic mass is 19.4. The fourth-order valence-electron chi connectivity index (χ4n) is 5.28. The zero-order valence-corrected chi connectivity index (χ0v) is 22.0. The van der Waals surface area contributed by atoms with E-state index in [-0.39, 0.29) is 36.0 Å². The third kappa shape index (κ3) is 5.83. The average molecular weight is 533 g/mol. The predicted octanol–water partition coefficient (Wildman–Crippen LogP) is 5.92. The van der Waals surface area contributed by atoms with Gasteiger partial charge in [0.15, 0.2) is 5.82 Å². The van der Waals surface area contributed by atoms with Crippen LogP contribution in [0.1, 0.15) is 75.2 Å². The van der Waals surface area contributed by atoms with Gasteiger partial charge in [-0.25, -0.2) is 0 Å². The fourth-order valence-corrected chi connectivity index (χ4v) is 5.28. The second-order valence-electron chi connectivity index (χ2n) is 10.9. The molecule has 1 aliphatic carbocycles. The van der Waals surface area contributed by atoms with Gasteiger partial charge in [-0.05, 0) is 67.7 Å². The number of hydrogen-bond donors (Lipinski definition) is 0. The quantitative estimate of drug-likeness (QED) is 0.441. The van der Waals surface area contributed by atoms with Crippen LogP contribution < -0.4 is 9.64 Å². The molecule has 1 amide bonds. The molecule has 0 bridgehead atoms. The summed E-state index contributed by atoms with van der Waals surface area (Å²) in [5.74, 6) is 0.962. The van der Waals surface area contributed by atoms with Gasteiger partial charge in [0.1, 0.15) is 5.75 Å². The maximum atomic E-state index is 14.0. The van der Waals surface area contributed by atoms with Crippen molar-refractivity contribution in [3.63, 3.8) is 0 Å². The maximum Gasteiger partial charge on any atom is 0.419 e. The van der Waals surface area contributed by atoms with Crippen LogP contribution in [0.4, 0.5) is 19.2 Å². The second kappa shape index (κ2) is 11.0. The lowest BCUT2D eigenvalue weighted by Crippen LogP contribution is -2.45. The lowest BCUT2D eigenvalue weighted by molar-refractivity contribution is -0.139. The number of benzene rings is 1. The molecule has 3 aliphatic rings. The Labute approximate surface area is 221 Å². The average Bonchev–Trinajstić information content (AvgIpc) is 3.37. The molecule has 1 atom stereocenters. The van der Waals surface area contributed by atoms with Crippen LogP contribution in [0.25, 0.3) is 5.57 Å². The Kier molecular flexibility index (Phi) is 7.68. The molecule has 2 saturated heterocycles. The molecule has 10 heteroatoms. The Hall–Kier alpha value is -3.04. The van der Waals surface area contributed by atoms with Crippen molar-refractivity contribution in [2.45, 2.75) is 64.5 Å². The van der Waals surface area contributed by atoms with Crippen LogP contribution in [0.5, 0.6) is 5.75 Å². The minimum atomic E-state index is -4.52. The van der Waals surface area contributed by atoms with Gasteiger partial charge >= 0.3 is 12.2 Å². The number of hydrogen-bond acceptors (Lipinski definition) is 6. The van der Waals surface area contributed by atoms with Crippen molar-refractivity contribution in [2.75, 3.05) is 37.7 Å². The Morgan fingerprint density at radius 2 is 1.92 bits per heavy atom. The predicted molar refractivity (Wildman–Crippen MR) is 137 cm³/mol. The number of carbonyl (C=O) groups is 1. The molecule has 3 heterocycles. The molecule has 2 aromatic rings. The number of alkyl halides is 3. The lowest BCUT2D eigenvalue weighted by Gasteiger charge is -2.35. The van der Waals surface area contributed by atoms with Crippen molar-refractivity contribution in [1.82, 2.24) is 15.0 Å². The molecule has 7 nitrogen and oxygen atoms in total. The summed E-state index contributed by atoms with van der Waals surface area (Å²) in [6.07, 6.45) is 1.83. The number of allylic oxidation sites excluding steroid dienone is 2. The summed E-state index contributed by atoms with van der Waals surface area (Å²) in [5.41, 5.74) is 0.663. The van der Waals surface area contributed by atoms with E-state index in [1.807, 2.05) is 29.7 Å². The first-order valence-corrected chi connectivity index (χ1v) is 13.6. The van der Waals surface area contributed by atoms with Gasteiger partial charge in [-0.3, -0.25) is 4.79 Å². The van der Waals surface area contributed by atoms with Gasteiger partial charge in [-0.1, -0.05) is 31.1 Å². The SMILES string of the molecule is CC(C)c1noc(N2CCC(COc3ccc(C4=CCC(C(=O)N5CCC5)CC4)cc3C(F)(F)F)CC2)n1. The van der Waals surface area contributed by atoms with Crippen LogP contribution in [0.3, 0.4) is 0 Å². The van der Waals surface area contributed by atoms with Gasteiger partial charge in [-0.15, -0.1) is 0 Å². The molecule has 0 N–H and O–H groups in total. The number of halogens is 3. The van der Waals surface area contributed by atoms with Crippen molar-refractivity contribution in [3.8, 4) is 5.75 Å². The lowest BCUT2D eigenvalue weighted by atomic mass is 9.85. The van der Waals surface area contributed by atoms with Crippen LogP contribution in [-0.2, 0) is 11.0 Å². The Bertz CT molecular complexity index is 1160. The largest absolute Gasteiger partial charge is 0.493 e. The van der Waals surface area contributed by atoms with Crippen molar-refractivity contribution >= 4 is 17.5 Å². The normalized spacial score (nSPS) is 20.9. The Morgan fingerprint density at radius 3 is 2.50 bits per heavy atom. The van der Waals surface area contributed by atoms with Crippen LogP contribution in [0, 0.1) is 11.8 Å². The minimum Gasteiger partial charge on any atom is -0.493 e. The first-order chi connectivity index (χ1) is 18.2. The van der Waals surface area contributed by atoms with Gasteiger partial charge in [-0.2, -0.15) is 18.2 Å². The zero-order chi connectivity index (χ0) is 26.9. The number of anilines is 1. The molecular weight excluding hydrogens is 497 g/mol. The van der Waals surface area contributed by atoms with E-state index in [0.717, 1.165) is 37.9 Å². The number of aromatic nitrogens is 2. The van der Waals surface area contributed by atoms with Crippen molar-refractivity contribution < 1.29 is 27.2 Å². The van der Waals surface area contributed by atoms with Gasteiger partial charge in [0, 0.05) is 38.0 Å². The van der Waals surface area contributed by atoms with Crippen molar-refractivity contribution in [2.24, 2.45) is 11.8 Å². The molecule has 206 valence electrons. The number of piperidine rings is 1. The van der Waals surface area contributed by atoms with Crippen LogP contribution >= 0.6 is 0 Å². The monoisotopic (exact) mass is 532 g/mol. The smallest absolute Gasteiger partial charge is 0.419 e. The van der Waals surface area contributed by atoms with Crippen molar-refractivity contribution in [3.05, 3.63) is 41.2 Å². The number of carbonyl (C=O) groups excluding carboxylic acids is 1. The third-order valence-electron chi connectivity index (χ3n) is 7.89. The number of likely N-dealkylation sites (tertiary alicyclic amines) is 1. The molecule has 1 unspecified atom stereocenters. The van der Waals surface area contributed by atoms with Crippen LogP contribution in [0.15, 0.2) is 28.8 Å². The summed E-state index contributed by atoms with van der Waals surface area (Å²) in [5, 5.41) is 4.00. The maximum absolute atomic E-state index is 14.0. The molecule has 1 aromatic carbocycles. The summed E-state index contributed by atoms with van der Waals surface area (Å²) in [6, 6.07) is 4.84. The number of nitrogens with zero attached hydrogens (tertiary/aromatic N) is 4. The Balaban J connectivity index is 1.19. The van der Waals surface area contributed by atoms with E-state index < -0.39 is 11.7 Å². The number of ether oxygens (including phenoxy) is 1. The first kappa shape index (κ1) is 26.6. The van der Waals surface area contributed by atoms with Crippen molar-refractivity contribution in [1.29, 1.82) is 0 Å². The topological polar surface area (TPSA) is 71.7 Å². The van der Waals surface area contributed by atoms with E-state index in [9.17, 15) is 18.0 Å². The zero-order valence-electron chi connectivity index (χ0n) is 22.0. The fraction of sp³-hybridized carbons (Fsp3) is 0.607. The second-order valence-corrected chi connectivity index (χ2v) is 10.9. The molecule has 0 spiro atoms. The highest BCUT2D eigenvalue weighted by Gasteiger charge is 2.36. The summed E-state index contributed by atoms with van der Waals surface area (Å²) in [4.78, 5) is 20.8. The van der Waals surface area contributed by atoms with E-state index in [1.54, 1.807) is 6.07 Å². The van der Waals surface area contributed by atoms with Crippen LogP contribution in [0.2, 0.25) is 0 Å². The molecule has 0 saturated carbocycles. The number of rotatable bonds is 7. The first-order valence-electron chi connectivity index (χ1n) is 13.6. The molecule has 1 aromatic heterocycles. The molecule has 0 radical (unpaired) electrons. The molecule has 38 heavy (non-hydrogen) atoms. The standard InChI is InChI=1S/C28H35F3N4O3/c1-18(2)25-32-27(38-33-25)35-14-10-19(11-15-35)17-37-24-9-8-22(16-23(24)28(29,30)31)20-4-6-21(7-5-20)26(36)34-12-3-13-34/h4,8-9,16,18-19,21H,3,5-7,10-15,17H2,1-2H3. The number of amides is 1. The van der Waals surface area contributed by atoms with Gasteiger partial charge in [0.2, 0.25) is 5.91 Å². The van der Waals surface area contributed by atoms with E-state index in [4.69, 9.17) is 9.26 Å². The van der Waals surface area contributed by atoms with E-state index in [0.29, 0.717) is 49.8 Å². The summed E-state index contributed by atoms with van der Waals surface area (Å²) < 4.78 is 53.1. The van der Waals surface area contributed by atoms with Gasteiger partial charge in [0.05, 0.1) is 12.2 Å². The van der Waals surface area contributed by atoms with Gasteiger partial charge in [0.25, 0.3) is 0 Å². The van der Waals surface area contributed by atoms with Gasteiger partial charge < -0.3 is 19.1 Å². The molecule has 2 aliphatic heterocycles. The third-order valence-corrected chi connectivity index (χ3v) is 7.89. The highest BCUT2D eigenvalue weighted by Crippen LogP contribution is 2.40. The van der Waals surface area contributed by atoms with Crippen LogP contribution in [-0.4, -0.2) is 53.7 Å². The molecular formula is C28H35F3N4O3. The summed E-state index contributed by atoms with van der Waals surface area (Å²) >= 11 is 0. The highest BCUT2D eigenvalue weighted by molar-refractivity contribution is 5.81. The molecule has 5 rings (SSSR count). The van der Waals surface area contributed by atoms with E-state index in [1.165, 1.54) is 12.1 Å². The minimum absolute atomic E-state index is 0.0627. The van der Waals surface area contributed by atoms with E-state index >= 15 is 0 Å². The summed E-state index contributed by atoms with van der Waals surface area (Å²) in [7, 11) is 0. The summed E-state index contributed by atoms with van der Waals surface area (Å²) in [6.45, 7) is 7.24. The molecule has 2 fully saturated rings.